The van der Waals surface area contributed by atoms with E-state index < -0.39 is 5.92 Å². The third kappa shape index (κ3) is 3.74. The normalized spacial score (nSPS) is 19.2. The molecule has 1 aromatic heterocycles. The first-order valence-corrected chi connectivity index (χ1v) is 11.4. The smallest absolute Gasteiger partial charge is 0.257 e. The predicted octanol–water partition coefficient (Wildman–Crippen LogP) is 3.81. The number of aromatic amines is 1. The van der Waals surface area contributed by atoms with Crippen LogP contribution in [0, 0.1) is 5.41 Å². The summed E-state index contributed by atoms with van der Waals surface area (Å²) in [6.45, 7) is 6.09. The summed E-state index contributed by atoms with van der Waals surface area (Å²) in [6.07, 6.45) is 1.03. The van der Waals surface area contributed by atoms with Gasteiger partial charge in [-0.3, -0.25) is 9.59 Å². The lowest BCUT2D eigenvalue weighted by Crippen LogP contribution is -2.37. The highest BCUT2D eigenvalue weighted by Gasteiger charge is 2.42. The Labute approximate surface area is 190 Å². The van der Waals surface area contributed by atoms with Gasteiger partial charge in [0.05, 0.1) is 19.8 Å². The molecule has 4 rings (SSSR count). The molecule has 1 aliphatic heterocycles. The van der Waals surface area contributed by atoms with E-state index in [9.17, 15) is 14.7 Å². The van der Waals surface area contributed by atoms with E-state index in [0.717, 1.165) is 11.4 Å². The number of nitrogens with one attached hydrogen (secondary N) is 2. The van der Waals surface area contributed by atoms with Gasteiger partial charge < -0.3 is 24.9 Å². The van der Waals surface area contributed by atoms with E-state index in [1.807, 2.05) is 6.92 Å². The SMILES string of the molecule is CCSc1nc2c(c(=O)[nH]1)C(c1cc(OC)c(O)c(OC)c1)C1=C(CC(C)(C)CC1=O)N2. The molecule has 1 unspecified atom stereocenters. The fourth-order valence-corrected chi connectivity index (χ4v) is 5.11. The number of benzene rings is 1. The Morgan fingerprint density at radius 3 is 2.44 bits per heavy atom. The first-order chi connectivity index (χ1) is 15.2. The van der Waals surface area contributed by atoms with Crippen molar-refractivity contribution in [2.24, 2.45) is 5.41 Å². The lowest BCUT2D eigenvalue weighted by atomic mass is 9.69. The van der Waals surface area contributed by atoms with Crippen molar-refractivity contribution in [3.05, 3.63) is 44.9 Å². The number of thioether (sulfide) groups is 1. The standard InChI is InChI=1S/C23H27N3O5S/c1-6-32-22-25-20-18(21(29)26-22)16(11-7-14(30-4)19(28)15(8-11)31-5)17-12(24-20)9-23(2,3)10-13(17)27/h7-8,16,28H,6,9-10H2,1-5H3,(H2,24,25,26,29). The molecule has 0 saturated carbocycles. The van der Waals surface area contributed by atoms with Gasteiger partial charge in [0.2, 0.25) is 5.75 Å². The second-order valence-corrected chi connectivity index (χ2v) is 9.98. The monoisotopic (exact) mass is 457 g/mol. The Hall–Kier alpha value is -2.94. The molecule has 0 saturated heterocycles. The number of anilines is 1. The van der Waals surface area contributed by atoms with Crippen molar-refractivity contribution in [1.29, 1.82) is 0 Å². The molecule has 170 valence electrons. The molecule has 3 N–H and O–H groups in total. The number of phenols is 1. The van der Waals surface area contributed by atoms with Crippen LogP contribution >= 0.6 is 11.8 Å². The van der Waals surface area contributed by atoms with Crippen LogP contribution in [0.1, 0.15) is 50.7 Å². The van der Waals surface area contributed by atoms with E-state index in [1.54, 1.807) is 12.1 Å². The van der Waals surface area contributed by atoms with Gasteiger partial charge >= 0.3 is 0 Å². The van der Waals surface area contributed by atoms with Crippen LogP contribution < -0.4 is 20.3 Å². The van der Waals surface area contributed by atoms with Gasteiger partial charge in [-0.15, -0.1) is 0 Å². The summed E-state index contributed by atoms with van der Waals surface area (Å²) in [7, 11) is 2.88. The molecular formula is C23H27N3O5S. The summed E-state index contributed by atoms with van der Waals surface area (Å²) in [5.41, 5.74) is 1.79. The van der Waals surface area contributed by atoms with Gasteiger partial charge in [0.1, 0.15) is 5.82 Å². The average Bonchev–Trinajstić information content (AvgIpc) is 2.71. The Balaban J connectivity index is 2.00. The number of allylic oxidation sites excluding steroid dienone is 2. The molecule has 8 nitrogen and oxygen atoms in total. The Morgan fingerprint density at radius 1 is 1.19 bits per heavy atom. The third-order valence-corrected chi connectivity index (χ3v) is 6.57. The fourth-order valence-electron chi connectivity index (χ4n) is 4.51. The van der Waals surface area contributed by atoms with Crippen LogP contribution in [0.3, 0.4) is 0 Å². The van der Waals surface area contributed by atoms with Gasteiger partial charge in [-0.1, -0.05) is 32.5 Å². The van der Waals surface area contributed by atoms with Crippen LogP contribution in [0.4, 0.5) is 5.82 Å². The number of phenolic OH excluding ortho intramolecular Hbond substituents is 1. The van der Waals surface area contributed by atoms with E-state index in [0.29, 0.717) is 40.5 Å². The third-order valence-electron chi connectivity index (χ3n) is 5.82. The van der Waals surface area contributed by atoms with Crippen molar-refractivity contribution in [2.45, 2.75) is 44.7 Å². The Morgan fingerprint density at radius 2 is 1.84 bits per heavy atom. The molecular weight excluding hydrogens is 430 g/mol. The number of fused-ring (bicyclic) bond motifs is 1. The number of methoxy groups -OCH3 is 2. The van der Waals surface area contributed by atoms with Crippen molar-refractivity contribution in [3.63, 3.8) is 0 Å². The first-order valence-electron chi connectivity index (χ1n) is 10.4. The van der Waals surface area contributed by atoms with Gasteiger partial charge in [0.25, 0.3) is 5.56 Å². The van der Waals surface area contributed by atoms with Crippen LogP contribution in [-0.2, 0) is 4.79 Å². The van der Waals surface area contributed by atoms with E-state index in [2.05, 4.69) is 29.1 Å². The maximum absolute atomic E-state index is 13.3. The number of hydrogen-bond donors (Lipinski definition) is 3. The number of ether oxygens (including phenoxy) is 2. The van der Waals surface area contributed by atoms with Crippen molar-refractivity contribution in [1.82, 2.24) is 9.97 Å². The molecule has 1 aromatic carbocycles. The number of rotatable bonds is 5. The zero-order valence-electron chi connectivity index (χ0n) is 18.8. The zero-order chi connectivity index (χ0) is 23.2. The quantitative estimate of drug-likeness (QED) is 0.459. The highest BCUT2D eigenvalue weighted by molar-refractivity contribution is 7.99. The second kappa shape index (κ2) is 8.20. The maximum Gasteiger partial charge on any atom is 0.257 e. The number of H-pyrrole nitrogens is 1. The number of aromatic hydroxyl groups is 1. The topological polar surface area (TPSA) is 114 Å². The van der Waals surface area contributed by atoms with Gasteiger partial charge in [-0.05, 0) is 35.3 Å². The fraction of sp³-hybridized carbons (Fsp3) is 0.435. The van der Waals surface area contributed by atoms with Crippen molar-refractivity contribution < 1.29 is 19.4 Å². The molecule has 9 heteroatoms. The molecule has 1 aliphatic carbocycles. The molecule has 0 radical (unpaired) electrons. The summed E-state index contributed by atoms with van der Waals surface area (Å²) in [5.74, 6) is 0.795. The largest absolute Gasteiger partial charge is 0.502 e. The van der Waals surface area contributed by atoms with Gasteiger partial charge in [-0.25, -0.2) is 4.98 Å². The van der Waals surface area contributed by atoms with Crippen molar-refractivity contribution >= 4 is 23.4 Å². The predicted molar refractivity (Wildman–Crippen MR) is 123 cm³/mol. The van der Waals surface area contributed by atoms with Gasteiger partial charge in [-0.2, -0.15) is 0 Å². The Kier molecular flexibility index (Phi) is 5.70. The van der Waals surface area contributed by atoms with Crippen molar-refractivity contribution in [2.75, 3.05) is 25.3 Å². The summed E-state index contributed by atoms with van der Waals surface area (Å²) in [4.78, 5) is 34.1. The molecule has 0 fully saturated rings. The number of nitrogens with zero attached hydrogens (tertiary/aromatic N) is 1. The van der Waals surface area contributed by atoms with Crippen LogP contribution in [0.25, 0.3) is 0 Å². The number of aromatic nitrogens is 2. The molecule has 1 atom stereocenters. The average molecular weight is 458 g/mol. The second-order valence-electron chi connectivity index (χ2n) is 8.73. The highest BCUT2D eigenvalue weighted by atomic mass is 32.2. The van der Waals surface area contributed by atoms with Crippen LogP contribution in [-0.4, -0.2) is 40.8 Å². The summed E-state index contributed by atoms with van der Waals surface area (Å²) in [6, 6.07) is 3.28. The number of Topliss-reactive ketones (excluding diaryl/α,β-unsaturated/α-hetero) is 1. The molecule has 0 spiro atoms. The van der Waals surface area contributed by atoms with Crippen LogP contribution in [0.2, 0.25) is 0 Å². The van der Waals surface area contributed by atoms with Crippen LogP contribution in [0.5, 0.6) is 17.2 Å². The Bertz CT molecular complexity index is 1160. The molecule has 2 aromatic rings. The van der Waals surface area contributed by atoms with Gasteiger partial charge in [0, 0.05) is 23.6 Å². The molecule has 0 bridgehead atoms. The van der Waals surface area contributed by atoms with E-state index in [4.69, 9.17) is 9.47 Å². The minimum Gasteiger partial charge on any atom is -0.502 e. The van der Waals surface area contributed by atoms with Crippen LogP contribution in [0.15, 0.2) is 33.4 Å². The molecule has 2 heterocycles. The van der Waals surface area contributed by atoms with E-state index in [-0.39, 0.29) is 34.0 Å². The number of carbonyl (C=O) groups is 1. The summed E-state index contributed by atoms with van der Waals surface area (Å²) >= 11 is 1.44. The number of carbonyl (C=O) groups excluding carboxylic acids is 1. The zero-order valence-corrected chi connectivity index (χ0v) is 19.6. The number of hydrogen-bond acceptors (Lipinski definition) is 8. The number of ketones is 1. The molecule has 2 aliphatic rings. The lowest BCUT2D eigenvalue weighted by molar-refractivity contribution is -0.118. The molecule has 32 heavy (non-hydrogen) atoms. The summed E-state index contributed by atoms with van der Waals surface area (Å²) < 4.78 is 10.7. The summed E-state index contributed by atoms with van der Waals surface area (Å²) in [5, 5.41) is 14.2. The first kappa shape index (κ1) is 22.3. The minimum absolute atomic E-state index is 0.0168. The van der Waals surface area contributed by atoms with Crippen molar-refractivity contribution in [3.8, 4) is 17.2 Å². The minimum atomic E-state index is -0.662. The van der Waals surface area contributed by atoms with Gasteiger partial charge in [0.15, 0.2) is 22.4 Å². The van der Waals surface area contributed by atoms with E-state index >= 15 is 0 Å². The highest BCUT2D eigenvalue weighted by Crippen LogP contribution is 2.50. The van der Waals surface area contributed by atoms with E-state index in [1.165, 1.54) is 26.0 Å². The maximum atomic E-state index is 13.3. The molecule has 0 amide bonds. The lowest BCUT2D eigenvalue weighted by Gasteiger charge is -2.38.